The first-order chi connectivity index (χ1) is 26.1. The van der Waals surface area contributed by atoms with E-state index in [-0.39, 0.29) is 11.8 Å². The third-order valence-electron chi connectivity index (χ3n) is 9.69. The molecule has 0 saturated heterocycles. The molecule has 0 aliphatic carbocycles. The van der Waals surface area contributed by atoms with Crippen LogP contribution in [0.4, 0.5) is 0 Å². The Morgan fingerprint density at radius 1 is 0.472 bits per heavy atom. The van der Waals surface area contributed by atoms with Crippen LogP contribution < -0.4 is 11.3 Å². The van der Waals surface area contributed by atoms with E-state index in [0.717, 1.165) is 55.2 Å². The van der Waals surface area contributed by atoms with Crippen molar-refractivity contribution in [3.8, 4) is 45.4 Å². The number of hydrogen-bond donors (Lipinski definition) is 2. The maximum absolute atomic E-state index is 13.6. The van der Waals surface area contributed by atoms with Gasteiger partial charge < -0.3 is 18.8 Å². The zero-order valence-electron chi connectivity index (χ0n) is 27.8. The van der Waals surface area contributed by atoms with E-state index in [1.165, 1.54) is 0 Å². The minimum atomic E-state index is -0.493. The van der Waals surface area contributed by atoms with E-state index in [0.29, 0.717) is 39.6 Å². The second-order valence-electron chi connectivity index (χ2n) is 12.8. The molecule has 0 amide bonds. The van der Waals surface area contributed by atoms with Gasteiger partial charge in [-0.05, 0) is 94.0 Å². The fourth-order valence-electron chi connectivity index (χ4n) is 7.11. The van der Waals surface area contributed by atoms with Gasteiger partial charge in [0.05, 0.1) is 21.8 Å². The second kappa shape index (κ2) is 12.1. The van der Waals surface area contributed by atoms with Crippen LogP contribution in [0.3, 0.4) is 0 Å². The molecule has 10 nitrogen and oxygen atoms in total. The average Bonchev–Trinajstić information content (AvgIpc) is 3.77. The Morgan fingerprint density at radius 3 is 1.36 bits per heavy atom. The number of H-pyrrole nitrogens is 2. The van der Waals surface area contributed by atoms with Crippen molar-refractivity contribution < 1.29 is 8.83 Å². The van der Waals surface area contributed by atoms with Gasteiger partial charge in [0.1, 0.15) is 11.4 Å². The normalized spacial score (nSPS) is 11.6. The molecule has 10 heteroatoms. The topological polar surface area (TPSA) is 144 Å². The van der Waals surface area contributed by atoms with Gasteiger partial charge in [0.2, 0.25) is 11.8 Å². The van der Waals surface area contributed by atoms with Crippen molar-refractivity contribution in [2.45, 2.75) is 6.42 Å². The van der Waals surface area contributed by atoms with Crippen molar-refractivity contribution in [3.63, 3.8) is 0 Å². The van der Waals surface area contributed by atoms with E-state index in [1.807, 2.05) is 97.1 Å². The lowest BCUT2D eigenvalue weighted by atomic mass is 9.98. The average molecular weight is 691 g/mol. The van der Waals surface area contributed by atoms with Crippen molar-refractivity contribution in [2.75, 3.05) is 0 Å². The van der Waals surface area contributed by atoms with Crippen LogP contribution in [0.15, 0.2) is 152 Å². The number of rotatable bonds is 6. The first-order valence-corrected chi connectivity index (χ1v) is 17.0. The highest BCUT2D eigenvalue weighted by Crippen LogP contribution is 2.37. The monoisotopic (exact) mass is 690 g/mol. The maximum Gasteiger partial charge on any atom is 0.347 e. The summed E-state index contributed by atoms with van der Waals surface area (Å²) in [4.78, 5) is 52.0. The molecule has 10 rings (SSSR count). The van der Waals surface area contributed by atoms with Gasteiger partial charge in [0.25, 0.3) is 0 Å². The van der Waals surface area contributed by atoms with Crippen molar-refractivity contribution in [1.82, 2.24) is 29.9 Å². The first-order valence-electron chi connectivity index (χ1n) is 17.0. The maximum atomic E-state index is 13.6. The predicted octanol–water partition coefficient (Wildman–Crippen LogP) is 8.70. The van der Waals surface area contributed by atoms with Crippen molar-refractivity contribution in [2.24, 2.45) is 0 Å². The lowest BCUT2D eigenvalue weighted by Crippen LogP contribution is -2.05. The minimum Gasteiger partial charge on any atom is -0.401 e. The second-order valence-corrected chi connectivity index (χ2v) is 12.8. The smallest absolute Gasteiger partial charge is 0.347 e. The van der Waals surface area contributed by atoms with Gasteiger partial charge in [-0.1, -0.05) is 48.5 Å². The van der Waals surface area contributed by atoms with Crippen molar-refractivity contribution in [3.05, 3.63) is 166 Å². The Balaban J connectivity index is 1.12. The summed E-state index contributed by atoms with van der Waals surface area (Å²) in [5, 5.41) is 2.63. The fraction of sp³-hybridized carbons (Fsp3) is 0.0233. The van der Waals surface area contributed by atoms with Gasteiger partial charge in [0.15, 0.2) is 0 Å². The summed E-state index contributed by atoms with van der Waals surface area (Å²) in [6, 6.07) is 34.5. The molecular weight excluding hydrogens is 665 g/mol. The number of pyridine rings is 2. The molecule has 0 saturated carbocycles. The van der Waals surface area contributed by atoms with Crippen LogP contribution in [0.25, 0.3) is 89.0 Å². The highest BCUT2D eigenvalue weighted by molar-refractivity contribution is 5.95. The zero-order chi connectivity index (χ0) is 35.5. The molecule has 0 spiro atoms. The first kappa shape index (κ1) is 30.4. The molecule has 0 fully saturated rings. The van der Waals surface area contributed by atoms with E-state index in [2.05, 4.69) is 19.9 Å². The Kier molecular flexibility index (Phi) is 6.93. The highest BCUT2D eigenvalue weighted by atomic mass is 16.4. The fourth-order valence-corrected chi connectivity index (χ4v) is 7.11. The largest absolute Gasteiger partial charge is 0.401 e. The SMILES string of the molecule is O=c1oc(-c2[nH]c3ccccc3c2Cc2c(-c3nc4ccc(-c5ccncc5)cc4c(=O)o3)[nH]c3ccccc23)nc2ccc(-c3ccncc3)cc12. The van der Waals surface area contributed by atoms with Crippen molar-refractivity contribution >= 4 is 43.6 Å². The van der Waals surface area contributed by atoms with Crippen LogP contribution in [0.1, 0.15) is 11.1 Å². The molecular formula is C43H26N6O4. The molecule has 53 heavy (non-hydrogen) atoms. The standard InChI is InChI=1S/C43H26N6O4/c50-42-32-21-26(24-13-17-44-18-14-24)9-11-36(32)48-40(52-42)38-30(28-5-1-3-7-34(28)46-38)23-31-29-6-2-4-8-35(29)47-39(31)41-49-37-12-10-27(22-33(37)43(51)53-41)25-15-19-45-20-16-25/h1-22,46-47H,23H2. The molecule has 6 aromatic heterocycles. The third-order valence-corrected chi connectivity index (χ3v) is 9.69. The molecule has 4 aromatic carbocycles. The molecule has 0 aliphatic heterocycles. The van der Waals surface area contributed by atoms with Gasteiger partial charge in [-0.2, -0.15) is 0 Å². The Morgan fingerprint density at radius 2 is 0.906 bits per heavy atom. The molecule has 0 atom stereocenters. The lowest BCUT2D eigenvalue weighted by molar-refractivity contribution is 0.516. The van der Waals surface area contributed by atoms with Crippen molar-refractivity contribution in [1.29, 1.82) is 0 Å². The molecule has 0 radical (unpaired) electrons. The lowest BCUT2D eigenvalue weighted by Gasteiger charge is -2.08. The molecule has 0 bridgehead atoms. The van der Waals surface area contributed by atoms with Gasteiger partial charge >= 0.3 is 11.3 Å². The van der Waals surface area contributed by atoms with E-state index >= 15 is 0 Å². The minimum absolute atomic E-state index is 0.173. The number of para-hydroxylation sites is 2. The molecule has 0 aliphatic rings. The number of nitrogens with zero attached hydrogens (tertiary/aromatic N) is 4. The van der Waals surface area contributed by atoms with E-state index in [4.69, 9.17) is 18.8 Å². The summed E-state index contributed by atoms with van der Waals surface area (Å²) in [6.07, 6.45) is 7.22. The summed E-state index contributed by atoms with van der Waals surface area (Å²) in [6.45, 7) is 0. The quantitative estimate of drug-likeness (QED) is 0.176. The highest BCUT2D eigenvalue weighted by Gasteiger charge is 2.24. The molecule has 2 N–H and O–H groups in total. The third kappa shape index (κ3) is 5.20. The molecule has 0 unspecified atom stereocenters. The summed E-state index contributed by atoms with van der Waals surface area (Å²) in [5.74, 6) is 0.347. The molecule has 6 heterocycles. The summed E-state index contributed by atoms with van der Waals surface area (Å²) >= 11 is 0. The Hall–Kier alpha value is -7.46. The summed E-state index contributed by atoms with van der Waals surface area (Å²) in [5.41, 5.74) is 8.24. The Bertz CT molecular complexity index is 2930. The Labute approximate surface area is 299 Å². The van der Waals surface area contributed by atoms with Crippen LogP contribution in [0, 0.1) is 0 Å². The zero-order valence-corrected chi connectivity index (χ0v) is 27.8. The predicted molar refractivity (Wildman–Crippen MR) is 204 cm³/mol. The summed E-state index contributed by atoms with van der Waals surface area (Å²) < 4.78 is 11.9. The molecule has 252 valence electrons. The van der Waals surface area contributed by atoms with Gasteiger partial charge in [-0.3, -0.25) is 9.97 Å². The number of benzene rings is 4. The van der Waals surface area contributed by atoms with E-state index in [9.17, 15) is 9.59 Å². The number of aromatic nitrogens is 6. The van der Waals surface area contributed by atoms with E-state index in [1.54, 1.807) is 36.9 Å². The van der Waals surface area contributed by atoms with Crippen LogP contribution >= 0.6 is 0 Å². The number of nitrogens with one attached hydrogen (secondary N) is 2. The molecule has 10 aromatic rings. The van der Waals surface area contributed by atoms with E-state index < -0.39 is 11.3 Å². The van der Waals surface area contributed by atoms with Gasteiger partial charge in [-0.25, -0.2) is 19.6 Å². The van der Waals surface area contributed by atoms with Crippen LogP contribution in [-0.2, 0) is 6.42 Å². The van der Waals surface area contributed by atoms with Gasteiger partial charge in [-0.15, -0.1) is 0 Å². The number of fused-ring (bicyclic) bond motifs is 4. The van der Waals surface area contributed by atoms with Crippen LogP contribution in [0.5, 0.6) is 0 Å². The van der Waals surface area contributed by atoms with Crippen LogP contribution in [-0.4, -0.2) is 29.9 Å². The van der Waals surface area contributed by atoms with Gasteiger partial charge in [0, 0.05) is 53.0 Å². The number of aromatic amines is 2. The number of hydrogen-bond acceptors (Lipinski definition) is 8. The van der Waals surface area contributed by atoms with Crippen LogP contribution in [0.2, 0.25) is 0 Å². The summed E-state index contributed by atoms with van der Waals surface area (Å²) in [7, 11) is 0.